The second-order valence-corrected chi connectivity index (χ2v) is 4.06. The number of hydrogen-bond donors (Lipinski definition) is 1. The maximum atomic E-state index is 13.5. The van der Waals surface area contributed by atoms with Crippen LogP contribution in [-0.2, 0) is 6.61 Å². The van der Waals surface area contributed by atoms with Crippen molar-refractivity contribution in [3.05, 3.63) is 63.5 Å². The van der Waals surface area contributed by atoms with E-state index in [0.717, 1.165) is 6.07 Å². The highest BCUT2D eigenvalue weighted by Gasteiger charge is 2.12. The number of aliphatic hydroxyl groups excluding tert-OH is 1. The van der Waals surface area contributed by atoms with Gasteiger partial charge in [-0.1, -0.05) is 0 Å². The van der Waals surface area contributed by atoms with Gasteiger partial charge in [0.05, 0.1) is 17.1 Å². The van der Waals surface area contributed by atoms with Crippen LogP contribution in [0.15, 0.2) is 36.4 Å². The van der Waals surface area contributed by atoms with Crippen molar-refractivity contribution in [1.29, 1.82) is 5.26 Å². The second kappa shape index (κ2) is 5.98. The lowest BCUT2D eigenvalue weighted by molar-refractivity contribution is -0.385. The summed E-state index contributed by atoms with van der Waals surface area (Å²) in [5, 5.41) is 28.5. The number of aliphatic hydroxyl groups is 1. The molecule has 0 aliphatic heterocycles. The van der Waals surface area contributed by atoms with Gasteiger partial charge in [-0.3, -0.25) is 10.1 Å². The molecule has 0 saturated carbocycles. The van der Waals surface area contributed by atoms with Gasteiger partial charge in [0.25, 0.3) is 5.69 Å². The Bertz CT molecular complexity index is 740. The minimum atomic E-state index is -0.734. The third-order valence-corrected chi connectivity index (χ3v) is 2.71. The van der Waals surface area contributed by atoms with Gasteiger partial charge in [-0.2, -0.15) is 5.26 Å². The summed E-state index contributed by atoms with van der Waals surface area (Å²) in [7, 11) is 0. The number of nitrogens with zero attached hydrogens (tertiary/aromatic N) is 2. The molecule has 0 aliphatic carbocycles. The summed E-state index contributed by atoms with van der Waals surface area (Å²) in [5.74, 6) is -0.440. The van der Waals surface area contributed by atoms with E-state index in [-0.39, 0.29) is 28.3 Å². The van der Waals surface area contributed by atoms with Crippen LogP contribution in [0.1, 0.15) is 11.1 Å². The molecule has 21 heavy (non-hydrogen) atoms. The smallest absolute Gasteiger partial charge is 0.270 e. The number of rotatable bonds is 4. The van der Waals surface area contributed by atoms with E-state index < -0.39 is 17.3 Å². The van der Waals surface area contributed by atoms with Crippen LogP contribution in [0.2, 0.25) is 0 Å². The molecule has 0 saturated heterocycles. The molecule has 2 aromatic carbocycles. The first-order valence-corrected chi connectivity index (χ1v) is 5.81. The summed E-state index contributed by atoms with van der Waals surface area (Å²) in [4.78, 5) is 10.1. The van der Waals surface area contributed by atoms with Crippen LogP contribution in [0.25, 0.3) is 0 Å². The van der Waals surface area contributed by atoms with Crippen molar-refractivity contribution in [2.24, 2.45) is 0 Å². The van der Waals surface area contributed by atoms with E-state index >= 15 is 0 Å². The molecule has 2 aromatic rings. The Hall–Kier alpha value is -2.98. The predicted molar refractivity (Wildman–Crippen MR) is 70.2 cm³/mol. The van der Waals surface area contributed by atoms with Crippen molar-refractivity contribution in [2.75, 3.05) is 0 Å². The average Bonchev–Trinajstić information content (AvgIpc) is 2.47. The molecule has 0 aliphatic rings. The minimum Gasteiger partial charge on any atom is -0.457 e. The molecule has 6 nitrogen and oxygen atoms in total. The molecule has 0 spiro atoms. The van der Waals surface area contributed by atoms with Crippen LogP contribution in [0.5, 0.6) is 11.5 Å². The summed E-state index contributed by atoms with van der Waals surface area (Å²) >= 11 is 0. The number of nitro groups is 1. The van der Waals surface area contributed by atoms with Crippen molar-refractivity contribution < 1.29 is 19.2 Å². The predicted octanol–water partition coefficient (Wildman–Crippen LogP) is 2.89. The van der Waals surface area contributed by atoms with E-state index in [1.165, 1.54) is 30.3 Å². The van der Waals surface area contributed by atoms with E-state index in [4.69, 9.17) is 10.00 Å². The van der Waals surface area contributed by atoms with Crippen LogP contribution >= 0.6 is 0 Å². The summed E-state index contributed by atoms with van der Waals surface area (Å²) < 4.78 is 18.8. The Labute approximate surface area is 118 Å². The monoisotopic (exact) mass is 288 g/mol. The Balaban J connectivity index is 2.33. The van der Waals surface area contributed by atoms with Crippen LogP contribution in [-0.4, -0.2) is 10.0 Å². The van der Waals surface area contributed by atoms with E-state index in [9.17, 15) is 19.6 Å². The summed E-state index contributed by atoms with van der Waals surface area (Å²) in [6.45, 7) is -0.463. The van der Waals surface area contributed by atoms with Crippen molar-refractivity contribution in [3.63, 3.8) is 0 Å². The van der Waals surface area contributed by atoms with Crippen LogP contribution < -0.4 is 4.74 Å². The zero-order valence-electron chi connectivity index (χ0n) is 10.6. The molecule has 0 bridgehead atoms. The number of benzene rings is 2. The van der Waals surface area contributed by atoms with Gasteiger partial charge in [0.2, 0.25) is 0 Å². The third kappa shape index (κ3) is 3.13. The highest BCUT2D eigenvalue weighted by molar-refractivity contribution is 5.46. The number of nitro benzene ring substituents is 1. The maximum Gasteiger partial charge on any atom is 0.270 e. The standard InChI is InChI=1S/C14H9FN2O4/c15-13-6-12(3-1-9(13)7-16)21-14-4-2-11(17(19)20)5-10(14)8-18/h1-6,18H,8H2. The Morgan fingerprint density at radius 3 is 2.67 bits per heavy atom. The van der Waals surface area contributed by atoms with Gasteiger partial charge < -0.3 is 9.84 Å². The van der Waals surface area contributed by atoms with Crippen molar-refractivity contribution in [2.45, 2.75) is 6.61 Å². The molecular formula is C14H9FN2O4. The van der Waals surface area contributed by atoms with E-state index in [0.29, 0.717) is 0 Å². The first kappa shape index (κ1) is 14.4. The van der Waals surface area contributed by atoms with Gasteiger partial charge in [0.1, 0.15) is 23.4 Å². The molecule has 2 rings (SSSR count). The fraction of sp³-hybridized carbons (Fsp3) is 0.0714. The summed E-state index contributed by atoms with van der Waals surface area (Å²) in [5.41, 5.74) is -0.0974. The van der Waals surface area contributed by atoms with E-state index in [1.54, 1.807) is 6.07 Å². The fourth-order valence-corrected chi connectivity index (χ4v) is 1.68. The van der Waals surface area contributed by atoms with Crippen LogP contribution in [0.4, 0.5) is 10.1 Å². The zero-order valence-corrected chi connectivity index (χ0v) is 10.6. The molecule has 0 heterocycles. The number of non-ortho nitro benzene ring substituents is 1. The Morgan fingerprint density at radius 2 is 2.10 bits per heavy atom. The molecule has 0 atom stereocenters. The molecule has 0 unspecified atom stereocenters. The van der Waals surface area contributed by atoms with Gasteiger partial charge in [0, 0.05) is 23.8 Å². The molecule has 1 N–H and O–H groups in total. The molecular weight excluding hydrogens is 279 g/mol. The SMILES string of the molecule is N#Cc1ccc(Oc2ccc([N+](=O)[O-])cc2CO)cc1F. The van der Waals surface area contributed by atoms with Gasteiger partial charge in [0.15, 0.2) is 0 Å². The van der Waals surface area contributed by atoms with Crippen molar-refractivity contribution >= 4 is 5.69 Å². The molecule has 0 radical (unpaired) electrons. The number of halogens is 1. The normalized spacial score (nSPS) is 9.95. The lowest BCUT2D eigenvalue weighted by Crippen LogP contribution is -1.95. The van der Waals surface area contributed by atoms with Crippen molar-refractivity contribution in [1.82, 2.24) is 0 Å². The second-order valence-electron chi connectivity index (χ2n) is 4.06. The maximum absolute atomic E-state index is 13.5. The van der Waals surface area contributed by atoms with Gasteiger partial charge in [-0.15, -0.1) is 0 Å². The highest BCUT2D eigenvalue weighted by atomic mass is 19.1. The van der Waals surface area contributed by atoms with Gasteiger partial charge in [-0.25, -0.2) is 4.39 Å². The van der Waals surface area contributed by atoms with E-state index in [1.807, 2.05) is 0 Å². The number of nitriles is 1. The average molecular weight is 288 g/mol. The quantitative estimate of drug-likeness (QED) is 0.689. The largest absolute Gasteiger partial charge is 0.457 e. The third-order valence-electron chi connectivity index (χ3n) is 2.71. The first-order chi connectivity index (χ1) is 10.0. The van der Waals surface area contributed by atoms with Crippen LogP contribution in [0.3, 0.4) is 0 Å². The Kier molecular flexibility index (Phi) is 4.11. The minimum absolute atomic E-state index is 0.117. The van der Waals surface area contributed by atoms with Gasteiger partial charge in [-0.05, 0) is 18.2 Å². The lowest BCUT2D eigenvalue weighted by atomic mass is 10.2. The van der Waals surface area contributed by atoms with E-state index in [2.05, 4.69) is 0 Å². The molecule has 106 valence electrons. The van der Waals surface area contributed by atoms with Gasteiger partial charge >= 0.3 is 0 Å². The Morgan fingerprint density at radius 1 is 1.33 bits per heavy atom. The van der Waals surface area contributed by atoms with Crippen molar-refractivity contribution in [3.8, 4) is 17.6 Å². The number of hydrogen-bond acceptors (Lipinski definition) is 5. The topological polar surface area (TPSA) is 96.4 Å². The molecule has 0 aromatic heterocycles. The fourth-order valence-electron chi connectivity index (χ4n) is 1.68. The van der Waals surface area contributed by atoms with Crippen LogP contribution in [0, 0.1) is 27.3 Å². The zero-order chi connectivity index (χ0) is 15.4. The summed E-state index contributed by atoms with van der Waals surface area (Å²) in [6.07, 6.45) is 0. The molecule has 0 amide bonds. The summed E-state index contributed by atoms with van der Waals surface area (Å²) in [6, 6.07) is 9.08. The first-order valence-electron chi connectivity index (χ1n) is 5.81. The highest BCUT2D eigenvalue weighted by Crippen LogP contribution is 2.29. The molecule has 7 heteroatoms. The molecule has 0 fully saturated rings. The number of ether oxygens (including phenoxy) is 1. The lowest BCUT2D eigenvalue weighted by Gasteiger charge is -2.09.